The van der Waals surface area contributed by atoms with Gasteiger partial charge in [0.1, 0.15) is 18.0 Å². The highest BCUT2D eigenvalue weighted by molar-refractivity contribution is 5.80. The number of halogens is 3. The van der Waals surface area contributed by atoms with E-state index in [1.807, 2.05) is 38.1 Å². The Morgan fingerprint density at radius 3 is 2.31 bits per heavy atom. The molecule has 2 heterocycles. The topological polar surface area (TPSA) is 85.6 Å². The Labute approximate surface area is 224 Å². The molecule has 0 bridgehead atoms. The van der Waals surface area contributed by atoms with Gasteiger partial charge in [-0.1, -0.05) is 29.4 Å². The van der Waals surface area contributed by atoms with Crippen molar-refractivity contribution in [3.05, 3.63) is 66.6 Å². The molecule has 0 saturated carbocycles. The third kappa shape index (κ3) is 7.15. The van der Waals surface area contributed by atoms with Gasteiger partial charge in [-0.3, -0.25) is 0 Å². The van der Waals surface area contributed by atoms with Crippen molar-refractivity contribution in [1.29, 1.82) is 0 Å². The summed E-state index contributed by atoms with van der Waals surface area (Å²) in [5.41, 5.74) is 2.96. The summed E-state index contributed by atoms with van der Waals surface area (Å²) in [6.07, 6.45) is -2.09. The molecule has 5 atom stereocenters. The van der Waals surface area contributed by atoms with Crippen molar-refractivity contribution in [2.45, 2.75) is 50.9 Å². The van der Waals surface area contributed by atoms with Crippen LogP contribution < -0.4 is 4.74 Å². The zero-order valence-electron chi connectivity index (χ0n) is 21.9. The first-order valence-electron chi connectivity index (χ1n) is 12.2. The standard InChI is InChI=1S/C27H30F3N3O6/c1-5-36-24-23(34-3)17(2)37-26(25(24)35-4)39-32-14-18-6-8-19(9-7-18)22-15-33(16-31-22)20-10-12-21(13-11-20)38-27(28,29)30/h6-17,23-26H,5H2,1-4H3/b32-14+/t17-,23-,24+,25+,26-/m0/s1. The molecule has 0 unspecified atom stereocenters. The van der Waals surface area contributed by atoms with Crippen molar-refractivity contribution >= 4 is 6.21 Å². The summed E-state index contributed by atoms with van der Waals surface area (Å²) in [6, 6.07) is 13.0. The average molecular weight is 550 g/mol. The molecule has 2 aromatic carbocycles. The van der Waals surface area contributed by atoms with Crippen molar-refractivity contribution in [1.82, 2.24) is 9.55 Å². The smallest absolute Gasteiger partial charge is 0.406 e. The Hall–Kier alpha value is -3.45. The van der Waals surface area contributed by atoms with E-state index in [4.69, 9.17) is 23.8 Å². The van der Waals surface area contributed by atoms with E-state index in [-0.39, 0.29) is 24.1 Å². The van der Waals surface area contributed by atoms with Gasteiger partial charge in [0.25, 0.3) is 6.29 Å². The predicted molar refractivity (Wildman–Crippen MR) is 136 cm³/mol. The molecular weight excluding hydrogens is 519 g/mol. The summed E-state index contributed by atoms with van der Waals surface area (Å²) < 4.78 is 65.6. The lowest BCUT2D eigenvalue weighted by atomic mass is 9.99. The number of hydrogen-bond acceptors (Lipinski definition) is 8. The Kier molecular flexibility index (Phi) is 9.23. The molecule has 1 aliphatic rings. The van der Waals surface area contributed by atoms with Crippen LogP contribution in [-0.4, -0.2) is 73.7 Å². The molecule has 1 saturated heterocycles. The molecule has 1 aliphatic heterocycles. The van der Waals surface area contributed by atoms with Crippen LogP contribution in [0, 0.1) is 0 Å². The molecule has 3 aromatic rings. The maximum Gasteiger partial charge on any atom is 0.573 e. The molecule has 0 aliphatic carbocycles. The number of ether oxygens (including phenoxy) is 5. The van der Waals surface area contributed by atoms with E-state index in [1.165, 1.54) is 24.3 Å². The second kappa shape index (κ2) is 12.6. The van der Waals surface area contributed by atoms with Crippen LogP contribution in [0.3, 0.4) is 0 Å². The predicted octanol–water partition coefficient (Wildman–Crippen LogP) is 4.97. The van der Waals surface area contributed by atoms with Crippen LogP contribution in [0.25, 0.3) is 16.9 Å². The van der Waals surface area contributed by atoms with Crippen LogP contribution in [0.1, 0.15) is 19.4 Å². The van der Waals surface area contributed by atoms with E-state index < -0.39 is 18.8 Å². The van der Waals surface area contributed by atoms with Gasteiger partial charge in [0.05, 0.1) is 24.3 Å². The number of nitrogens with zero attached hydrogens (tertiary/aromatic N) is 3. The summed E-state index contributed by atoms with van der Waals surface area (Å²) in [4.78, 5) is 10.0. The van der Waals surface area contributed by atoms with Gasteiger partial charge in [-0.25, -0.2) is 4.98 Å². The summed E-state index contributed by atoms with van der Waals surface area (Å²) in [6.45, 7) is 4.26. The molecule has 39 heavy (non-hydrogen) atoms. The number of aromatic nitrogens is 2. The molecule has 0 N–H and O–H groups in total. The fraction of sp³-hybridized carbons (Fsp3) is 0.407. The fourth-order valence-corrected chi connectivity index (χ4v) is 4.34. The van der Waals surface area contributed by atoms with E-state index in [1.54, 1.807) is 37.5 Å². The molecule has 1 aromatic heterocycles. The monoisotopic (exact) mass is 549 g/mol. The van der Waals surface area contributed by atoms with Gasteiger partial charge in [0.2, 0.25) is 0 Å². The van der Waals surface area contributed by atoms with Crippen molar-refractivity contribution in [2.24, 2.45) is 5.16 Å². The zero-order valence-corrected chi connectivity index (χ0v) is 21.9. The SMILES string of the molecule is CCO[C@@H]1[C@@H](OC)[C@H](C)O[C@@H](O/N=C/c2ccc(-c3cn(-c4ccc(OC(F)(F)F)cc4)cn3)cc2)[C@@H]1OC. The van der Waals surface area contributed by atoms with Crippen molar-refractivity contribution in [3.8, 4) is 22.7 Å². The molecule has 12 heteroatoms. The zero-order chi connectivity index (χ0) is 28.0. The van der Waals surface area contributed by atoms with E-state index in [9.17, 15) is 13.2 Å². The van der Waals surface area contributed by atoms with E-state index in [2.05, 4.69) is 14.9 Å². The van der Waals surface area contributed by atoms with Gasteiger partial charge in [-0.15, -0.1) is 13.2 Å². The Morgan fingerprint density at radius 1 is 1.00 bits per heavy atom. The van der Waals surface area contributed by atoms with Crippen molar-refractivity contribution in [2.75, 3.05) is 20.8 Å². The fourth-order valence-electron chi connectivity index (χ4n) is 4.34. The van der Waals surface area contributed by atoms with Crippen molar-refractivity contribution in [3.63, 3.8) is 0 Å². The second-order valence-electron chi connectivity index (χ2n) is 8.70. The minimum Gasteiger partial charge on any atom is -0.406 e. The number of imidazole rings is 1. The van der Waals surface area contributed by atoms with Gasteiger partial charge in [-0.2, -0.15) is 0 Å². The van der Waals surface area contributed by atoms with E-state index in [0.29, 0.717) is 18.0 Å². The van der Waals surface area contributed by atoms with Gasteiger partial charge in [0.15, 0.2) is 6.10 Å². The van der Waals surface area contributed by atoms with Gasteiger partial charge < -0.3 is 33.1 Å². The molecular formula is C27H30F3N3O6. The van der Waals surface area contributed by atoms with Crippen LogP contribution in [-0.2, 0) is 23.8 Å². The quantitative estimate of drug-likeness (QED) is 0.261. The van der Waals surface area contributed by atoms with Crippen LogP contribution >= 0.6 is 0 Å². The number of oxime groups is 1. The Bertz CT molecular complexity index is 1220. The van der Waals surface area contributed by atoms with Crippen molar-refractivity contribution < 1.29 is 41.7 Å². The van der Waals surface area contributed by atoms with Crippen LogP contribution in [0.15, 0.2) is 66.2 Å². The van der Waals surface area contributed by atoms with Crippen LogP contribution in [0.4, 0.5) is 13.2 Å². The third-order valence-corrected chi connectivity index (χ3v) is 6.15. The molecule has 9 nitrogen and oxygen atoms in total. The summed E-state index contributed by atoms with van der Waals surface area (Å²) >= 11 is 0. The molecule has 0 radical (unpaired) electrons. The number of methoxy groups -OCH3 is 2. The third-order valence-electron chi connectivity index (χ3n) is 6.15. The van der Waals surface area contributed by atoms with Gasteiger partial charge in [0, 0.05) is 38.3 Å². The molecule has 1 fully saturated rings. The van der Waals surface area contributed by atoms with E-state index >= 15 is 0 Å². The maximum atomic E-state index is 12.4. The highest BCUT2D eigenvalue weighted by Gasteiger charge is 2.47. The number of hydrogen-bond donors (Lipinski definition) is 0. The maximum absolute atomic E-state index is 12.4. The lowest BCUT2D eigenvalue weighted by Gasteiger charge is -2.42. The van der Waals surface area contributed by atoms with Crippen LogP contribution in [0.5, 0.6) is 5.75 Å². The first-order chi connectivity index (χ1) is 18.7. The second-order valence-corrected chi connectivity index (χ2v) is 8.70. The largest absolute Gasteiger partial charge is 0.573 e. The normalized spacial score (nSPS) is 23.7. The number of benzene rings is 2. The van der Waals surface area contributed by atoms with Crippen LogP contribution in [0.2, 0.25) is 0 Å². The Balaban J connectivity index is 1.38. The number of rotatable bonds is 10. The molecule has 4 rings (SSSR count). The van der Waals surface area contributed by atoms with Gasteiger partial charge >= 0.3 is 6.36 Å². The van der Waals surface area contributed by atoms with E-state index in [0.717, 1.165) is 11.1 Å². The molecule has 210 valence electrons. The minimum absolute atomic E-state index is 0.289. The lowest BCUT2D eigenvalue weighted by molar-refractivity contribution is -0.308. The number of alkyl halides is 3. The lowest BCUT2D eigenvalue weighted by Crippen LogP contribution is -2.59. The first-order valence-corrected chi connectivity index (χ1v) is 12.2. The Morgan fingerprint density at radius 2 is 1.69 bits per heavy atom. The summed E-state index contributed by atoms with van der Waals surface area (Å²) in [5, 5.41) is 4.09. The first kappa shape index (κ1) is 28.6. The highest BCUT2D eigenvalue weighted by atomic mass is 19.4. The average Bonchev–Trinajstić information content (AvgIpc) is 3.39. The summed E-state index contributed by atoms with van der Waals surface area (Å²) in [5.74, 6) is -0.289. The summed E-state index contributed by atoms with van der Waals surface area (Å²) in [7, 11) is 3.16. The van der Waals surface area contributed by atoms with Gasteiger partial charge in [-0.05, 0) is 43.7 Å². The molecule has 0 spiro atoms. The molecule has 0 amide bonds. The minimum atomic E-state index is -4.73. The highest BCUT2D eigenvalue weighted by Crippen LogP contribution is 2.28.